The molecule has 0 unspecified atom stereocenters. The molecule has 0 aromatic heterocycles. The van der Waals surface area contributed by atoms with Gasteiger partial charge in [0.1, 0.15) is 5.75 Å². The highest BCUT2D eigenvalue weighted by molar-refractivity contribution is 6.05. The van der Waals surface area contributed by atoms with Gasteiger partial charge in [-0.3, -0.25) is 9.59 Å². The third kappa shape index (κ3) is 4.07. The van der Waals surface area contributed by atoms with Gasteiger partial charge in [-0.2, -0.15) is 0 Å². The lowest BCUT2D eigenvalue weighted by molar-refractivity contribution is -0.119. The topological polar surface area (TPSA) is 81.4 Å². The van der Waals surface area contributed by atoms with Crippen molar-refractivity contribution in [3.8, 4) is 5.75 Å². The highest BCUT2D eigenvalue weighted by Crippen LogP contribution is 2.17. The van der Waals surface area contributed by atoms with Gasteiger partial charge in [-0.15, -0.1) is 0 Å². The molecule has 0 fully saturated rings. The summed E-state index contributed by atoms with van der Waals surface area (Å²) in [7, 11) is 0. The van der Waals surface area contributed by atoms with Crippen LogP contribution in [0.4, 0.5) is 5.69 Å². The van der Waals surface area contributed by atoms with Crippen molar-refractivity contribution >= 4 is 17.5 Å². The van der Waals surface area contributed by atoms with Gasteiger partial charge in [0.2, 0.25) is 0 Å². The maximum absolute atomic E-state index is 12.1. The summed E-state index contributed by atoms with van der Waals surface area (Å²) in [5.74, 6) is -0.187. The van der Waals surface area contributed by atoms with Crippen LogP contribution in [-0.4, -0.2) is 18.4 Å². The number of nitrogens with two attached hydrogens (primary N) is 1. The molecule has 2 rings (SSSR count). The number of ether oxygens (including phenoxy) is 1. The predicted octanol–water partition coefficient (Wildman–Crippen LogP) is 2.11. The minimum atomic E-state index is -0.535. The normalized spacial score (nSPS) is 9.95. The first-order chi connectivity index (χ1) is 10.1. The van der Waals surface area contributed by atoms with E-state index in [1.165, 1.54) is 0 Å². The fourth-order valence-electron chi connectivity index (χ4n) is 1.82. The van der Waals surface area contributed by atoms with E-state index in [9.17, 15) is 9.59 Å². The molecule has 0 spiro atoms. The molecule has 0 aliphatic heterocycles. The fraction of sp³-hybridized carbons (Fsp3) is 0.125. The molecule has 5 nitrogen and oxygen atoms in total. The molecule has 21 heavy (non-hydrogen) atoms. The Bertz CT molecular complexity index is 651. The van der Waals surface area contributed by atoms with Gasteiger partial charge in [0.05, 0.1) is 0 Å². The first-order valence-electron chi connectivity index (χ1n) is 6.44. The van der Waals surface area contributed by atoms with Crippen molar-refractivity contribution in [3.63, 3.8) is 0 Å². The van der Waals surface area contributed by atoms with Gasteiger partial charge in [-0.05, 0) is 42.8 Å². The smallest absolute Gasteiger partial charge is 0.255 e. The second-order valence-corrected chi connectivity index (χ2v) is 4.55. The van der Waals surface area contributed by atoms with Gasteiger partial charge in [-0.25, -0.2) is 0 Å². The predicted molar refractivity (Wildman–Crippen MR) is 80.3 cm³/mol. The van der Waals surface area contributed by atoms with Crippen LogP contribution >= 0.6 is 0 Å². The van der Waals surface area contributed by atoms with Crippen LogP contribution in [0, 0.1) is 6.92 Å². The Kier molecular flexibility index (Phi) is 4.56. The fourth-order valence-corrected chi connectivity index (χ4v) is 1.82. The van der Waals surface area contributed by atoms with Crippen LogP contribution in [0.15, 0.2) is 48.5 Å². The Balaban J connectivity index is 2.02. The Hall–Kier alpha value is -2.82. The first kappa shape index (κ1) is 14.6. The van der Waals surface area contributed by atoms with Crippen molar-refractivity contribution in [1.29, 1.82) is 0 Å². The van der Waals surface area contributed by atoms with E-state index in [0.717, 1.165) is 5.56 Å². The van der Waals surface area contributed by atoms with E-state index in [1.807, 2.05) is 25.1 Å². The van der Waals surface area contributed by atoms with Gasteiger partial charge >= 0.3 is 0 Å². The maximum atomic E-state index is 12.1. The zero-order valence-corrected chi connectivity index (χ0v) is 11.6. The van der Waals surface area contributed by atoms with E-state index in [-0.39, 0.29) is 12.5 Å². The molecular weight excluding hydrogens is 268 g/mol. The lowest BCUT2D eigenvalue weighted by atomic mass is 10.1. The van der Waals surface area contributed by atoms with Crippen molar-refractivity contribution in [1.82, 2.24) is 0 Å². The number of carbonyl (C=O) groups excluding carboxylic acids is 2. The Morgan fingerprint density at radius 1 is 1.10 bits per heavy atom. The molecule has 0 bridgehead atoms. The Labute approximate surface area is 122 Å². The number of anilines is 1. The van der Waals surface area contributed by atoms with Gasteiger partial charge in [-0.1, -0.05) is 18.2 Å². The largest absolute Gasteiger partial charge is 0.484 e. The van der Waals surface area contributed by atoms with E-state index >= 15 is 0 Å². The molecule has 0 saturated heterocycles. The highest BCUT2D eigenvalue weighted by atomic mass is 16.5. The standard InChI is InChI=1S/C16H16N2O3/c1-11-4-2-3-5-14(11)16(20)18-12-6-8-13(9-7-12)21-10-15(17)19/h2-9H,10H2,1H3,(H2,17,19)(H,18,20). The van der Waals surface area contributed by atoms with E-state index < -0.39 is 5.91 Å². The average molecular weight is 284 g/mol. The summed E-state index contributed by atoms with van der Waals surface area (Å²) in [6.07, 6.45) is 0. The van der Waals surface area contributed by atoms with Crippen molar-refractivity contribution in [2.24, 2.45) is 5.73 Å². The van der Waals surface area contributed by atoms with Crippen LogP contribution < -0.4 is 15.8 Å². The number of rotatable bonds is 5. The molecule has 2 amide bonds. The molecule has 2 aromatic carbocycles. The molecule has 3 N–H and O–H groups in total. The molecule has 0 aliphatic carbocycles. The first-order valence-corrected chi connectivity index (χ1v) is 6.44. The third-order valence-corrected chi connectivity index (χ3v) is 2.88. The number of nitrogens with one attached hydrogen (secondary N) is 1. The number of benzene rings is 2. The van der Waals surface area contributed by atoms with Crippen LogP contribution in [0.2, 0.25) is 0 Å². The van der Waals surface area contributed by atoms with E-state index in [4.69, 9.17) is 10.5 Å². The molecule has 0 aliphatic rings. The van der Waals surface area contributed by atoms with Crippen molar-refractivity contribution in [2.45, 2.75) is 6.92 Å². The molecule has 2 aromatic rings. The summed E-state index contributed by atoms with van der Waals surface area (Å²) in [6.45, 7) is 1.71. The number of amides is 2. The van der Waals surface area contributed by atoms with Gasteiger partial charge in [0.15, 0.2) is 6.61 Å². The molecule has 108 valence electrons. The van der Waals surface area contributed by atoms with E-state index in [0.29, 0.717) is 17.0 Å². The van der Waals surface area contributed by atoms with Crippen LogP contribution in [-0.2, 0) is 4.79 Å². The summed E-state index contributed by atoms with van der Waals surface area (Å²) >= 11 is 0. The third-order valence-electron chi connectivity index (χ3n) is 2.88. The molecular formula is C16H16N2O3. The average Bonchev–Trinajstić information content (AvgIpc) is 2.47. The molecule has 0 saturated carbocycles. The second kappa shape index (κ2) is 6.56. The minimum absolute atomic E-state index is 0.168. The summed E-state index contributed by atoms with van der Waals surface area (Å²) in [4.78, 5) is 22.7. The minimum Gasteiger partial charge on any atom is -0.484 e. The van der Waals surface area contributed by atoms with Gasteiger partial charge in [0.25, 0.3) is 11.8 Å². The van der Waals surface area contributed by atoms with Crippen molar-refractivity contribution < 1.29 is 14.3 Å². The lowest BCUT2D eigenvalue weighted by Crippen LogP contribution is -2.20. The molecule has 0 heterocycles. The van der Waals surface area contributed by atoms with Crippen molar-refractivity contribution in [2.75, 3.05) is 11.9 Å². The van der Waals surface area contributed by atoms with E-state index in [2.05, 4.69) is 5.32 Å². The number of aryl methyl sites for hydroxylation is 1. The Morgan fingerprint density at radius 2 is 1.76 bits per heavy atom. The van der Waals surface area contributed by atoms with Crippen LogP contribution in [0.1, 0.15) is 15.9 Å². The van der Waals surface area contributed by atoms with Crippen LogP contribution in [0.3, 0.4) is 0 Å². The maximum Gasteiger partial charge on any atom is 0.255 e. The monoisotopic (exact) mass is 284 g/mol. The zero-order valence-electron chi connectivity index (χ0n) is 11.6. The van der Waals surface area contributed by atoms with E-state index in [1.54, 1.807) is 30.3 Å². The summed E-state index contributed by atoms with van der Waals surface area (Å²) in [5, 5.41) is 2.81. The van der Waals surface area contributed by atoms with Gasteiger partial charge in [0, 0.05) is 11.3 Å². The quantitative estimate of drug-likeness (QED) is 0.882. The summed E-state index contributed by atoms with van der Waals surface area (Å²) in [6, 6.07) is 14.1. The second-order valence-electron chi connectivity index (χ2n) is 4.55. The van der Waals surface area contributed by atoms with Crippen molar-refractivity contribution in [3.05, 3.63) is 59.7 Å². The summed E-state index contributed by atoms with van der Waals surface area (Å²) < 4.78 is 5.14. The molecule has 0 radical (unpaired) electrons. The number of primary amides is 1. The highest BCUT2D eigenvalue weighted by Gasteiger charge is 2.08. The lowest BCUT2D eigenvalue weighted by Gasteiger charge is -2.08. The van der Waals surface area contributed by atoms with Gasteiger partial charge < -0.3 is 15.8 Å². The number of hydrogen-bond acceptors (Lipinski definition) is 3. The number of hydrogen-bond donors (Lipinski definition) is 2. The van der Waals surface area contributed by atoms with Crippen LogP contribution in [0.5, 0.6) is 5.75 Å². The van der Waals surface area contributed by atoms with Crippen LogP contribution in [0.25, 0.3) is 0 Å². The molecule has 0 atom stereocenters. The molecule has 5 heteroatoms. The zero-order chi connectivity index (χ0) is 15.2. The number of carbonyl (C=O) groups is 2. The SMILES string of the molecule is Cc1ccccc1C(=O)Nc1ccc(OCC(N)=O)cc1. The summed E-state index contributed by atoms with van der Waals surface area (Å²) in [5.41, 5.74) is 7.19. The Morgan fingerprint density at radius 3 is 2.38 bits per heavy atom.